The van der Waals surface area contributed by atoms with E-state index < -0.39 is 15.1 Å². The number of carbonyl (C=O) groups is 1. The maximum atomic E-state index is 13.1. The molecular weight excluding hydrogens is 368 g/mol. The van der Waals surface area contributed by atoms with Gasteiger partial charge in [0.25, 0.3) is 0 Å². The van der Waals surface area contributed by atoms with Gasteiger partial charge in [0.1, 0.15) is 9.46 Å². The zero-order valence-electron chi connectivity index (χ0n) is 15.4. The van der Waals surface area contributed by atoms with Crippen molar-refractivity contribution < 1.29 is 13.2 Å². The lowest BCUT2D eigenvalue weighted by atomic mass is 10.1. The number of rotatable bonds is 9. The molecule has 0 spiro atoms. The minimum absolute atomic E-state index is 0.0735. The quantitative estimate of drug-likeness (QED) is 0.705. The fourth-order valence-electron chi connectivity index (χ4n) is 2.59. The Hall–Kier alpha value is -1.86. The van der Waals surface area contributed by atoms with E-state index in [0.717, 1.165) is 18.5 Å². The van der Waals surface area contributed by atoms with E-state index in [1.54, 1.807) is 17.5 Å². The smallest absolute Gasteiger partial charge is 0.220 e. The molecule has 7 heteroatoms. The molecule has 142 valence electrons. The van der Waals surface area contributed by atoms with Crippen molar-refractivity contribution in [2.45, 2.75) is 35.6 Å². The summed E-state index contributed by atoms with van der Waals surface area (Å²) in [7, 11) is 0.297. The Balaban J connectivity index is 2.28. The van der Waals surface area contributed by atoms with E-state index in [-0.39, 0.29) is 12.5 Å². The molecular formula is C19H26N2O3S2. The van der Waals surface area contributed by atoms with Crippen LogP contribution in [0.3, 0.4) is 0 Å². The van der Waals surface area contributed by atoms with Crippen LogP contribution < -0.4 is 10.2 Å². The van der Waals surface area contributed by atoms with Crippen molar-refractivity contribution >= 4 is 32.8 Å². The van der Waals surface area contributed by atoms with Crippen molar-refractivity contribution in [1.82, 2.24) is 5.32 Å². The molecule has 0 aliphatic carbocycles. The molecule has 0 aliphatic heterocycles. The molecule has 0 aliphatic rings. The maximum Gasteiger partial charge on any atom is 0.220 e. The third kappa shape index (κ3) is 5.08. The molecule has 0 saturated heterocycles. The van der Waals surface area contributed by atoms with E-state index in [0.29, 0.717) is 16.2 Å². The first-order chi connectivity index (χ1) is 12.4. The molecule has 1 atom stereocenters. The summed E-state index contributed by atoms with van der Waals surface area (Å²) in [5, 5.41) is 3.74. The highest BCUT2D eigenvalue weighted by Crippen LogP contribution is 2.32. The molecule has 0 radical (unpaired) electrons. The molecule has 0 bridgehead atoms. The van der Waals surface area contributed by atoms with Crippen molar-refractivity contribution in [3.8, 4) is 0 Å². The number of thiophene rings is 1. The standard InChI is InChI=1S/C19H26N2O3S2/c1-4-5-7-18(22)20-14-17(26(23,24)19-8-6-13-25-19)15-9-11-16(12-10-15)21(2)3/h6,8-13,17H,4-5,7,14H2,1-3H3,(H,20,22)/t17-/m1/s1. The van der Waals surface area contributed by atoms with Gasteiger partial charge in [-0.25, -0.2) is 8.42 Å². The second-order valence-electron chi connectivity index (χ2n) is 6.36. The third-order valence-electron chi connectivity index (χ3n) is 4.17. The average molecular weight is 395 g/mol. The van der Waals surface area contributed by atoms with Crippen LogP contribution in [-0.4, -0.2) is 35.0 Å². The zero-order chi connectivity index (χ0) is 19.2. The van der Waals surface area contributed by atoms with E-state index in [2.05, 4.69) is 5.32 Å². The zero-order valence-corrected chi connectivity index (χ0v) is 17.1. The van der Waals surface area contributed by atoms with Crippen molar-refractivity contribution in [2.24, 2.45) is 0 Å². The first-order valence-corrected chi connectivity index (χ1v) is 11.1. The van der Waals surface area contributed by atoms with E-state index in [1.807, 2.05) is 50.2 Å². The molecule has 1 N–H and O–H groups in total. The lowest BCUT2D eigenvalue weighted by molar-refractivity contribution is -0.121. The average Bonchev–Trinajstić information content (AvgIpc) is 3.16. The van der Waals surface area contributed by atoms with E-state index in [1.165, 1.54) is 11.3 Å². The molecule has 5 nitrogen and oxygen atoms in total. The number of unbranched alkanes of at least 4 members (excludes halogenated alkanes) is 1. The Kier molecular flexibility index (Phi) is 7.23. The van der Waals surface area contributed by atoms with Crippen LogP contribution in [0.25, 0.3) is 0 Å². The van der Waals surface area contributed by atoms with Gasteiger partial charge in [-0.2, -0.15) is 0 Å². The van der Waals surface area contributed by atoms with E-state index in [4.69, 9.17) is 0 Å². The molecule has 26 heavy (non-hydrogen) atoms. The van der Waals surface area contributed by atoms with Gasteiger partial charge in [0, 0.05) is 32.7 Å². The minimum Gasteiger partial charge on any atom is -0.378 e. The highest BCUT2D eigenvalue weighted by molar-refractivity contribution is 7.93. The highest BCUT2D eigenvalue weighted by atomic mass is 32.2. The van der Waals surface area contributed by atoms with Crippen LogP contribution in [0.2, 0.25) is 0 Å². The lowest BCUT2D eigenvalue weighted by Crippen LogP contribution is -2.31. The Bertz CT molecular complexity index is 798. The van der Waals surface area contributed by atoms with E-state index >= 15 is 0 Å². The van der Waals surface area contributed by atoms with Gasteiger partial charge in [-0.1, -0.05) is 31.5 Å². The van der Waals surface area contributed by atoms with Crippen molar-refractivity contribution in [3.63, 3.8) is 0 Å². The molecule has 2 aromatic rings. The number of sulfone groups is 1. The second-order valence-corrected chi connectivity index (χ2v) is 9.66. The summed E-state index contributed by atoms with van der Waals surface area (Å²) >= 11 is 1.20. The summed E-state index contributed by atoms with van der Waals surface area (Å²) in [6, 6.07) is 10.8. The summed E-state index contributed by atoms with van der Waals surface area (Å²) in [4.78, 5) is 13.9. The van der Waals surface area contributed by atoms with Gasteiger partial charge < -0.3 is 10.2 Å². The van der Waals surface area contributed by atoms with Crippen LogP contribution in [0.15, 0.2) is 46.0 Å². The van der Waals surface area contributed by atoms with Crippen LogP contribution in [0, 0.1) is 0 Å². The van der Waals surface area contributed by atoms with Gasteiger partial charge in [0.15, 0.2) is 9.84 Å². The van der Waals surface area contributed by atoms with Crippen LogP contribution in [0.1, 0.15) is 37.0 Å². The van der Waals surface area contributed by atoms with Crippen LogP contribution >= 0.6 is 11.3 Å². The number of carbonyl (C=O) groups excluding carboxylic acids is 1. The first-order valence-electron chi connectivity index (χ1n) is 8.67. The molecule has 1 heterocycles. The predicted octanol–water partition coefficient (Wildman–Crippen LogP) is 3.64. The normalized spacial score (nSPS) is 12.6. The van der Waals surface area contributed by atoms with Crippen LogP contribution in [-0.2, 0) is 14.6 Å². The number of benzene rings is 1. The lowest BCUT2D eigenvalue weighted by Gasteiger charge is -2.19. The number of amides is 1. The largest absolute Gasteiger partial charge is 0.378 e. The topological polar surface area (TPSA) is 66.5 Å². The van der Waals surface area contributed by atoms with Crippen molar-refractivity contribution in [1.29, 1.82) is 0 Å². The fourth-order valence-corrected chi connectivity index (χ4v) is 5.46. The highest BCUT2D eigenvalue weighted by Gasteiger charge is 2.30. The summed E-state index contributed by atoms with van der Waals surface area (Å²) in [6.45, 7) is 2.09. The molecule has 0 saturated carbocycles. The number of hydrogen-bond donors (Lipinski definition) is 1. The Morgan fingerprint density at radius 3 is 2.42 bits per heavy atom. The SMILES string of the molecule is CCCCC(=O)NC[C@H](c1ccc(N(C)C)cc1)S(=O)(=O)c1cccs1. The monoisotopic (exact) mass is 394 g/mol. The van der Waals surface area contributed by atoms with Gasteiger partial charge in [0.2, 0.25) is 5.91 Å². The van der Waals surface area contributed by atoms with Crippen LogP contribution in [0.5, 0.6) is 0 Å². The van der Waals surface area contributed by atoms with Crippen molar-refractivity contribution in [2.75, 3.05) is 25.5 Å². The molecule has 0 fully saturated rings. The molecule has 0 unspecified atom stereocenters. The second kappa shape index (κ2) is 9.19. The molecule has 1 aromatic carbocycles. The molecule has 2 rings (SSSR count). The predicted molar refractivity (Wildman–Crippen MR) is 108 cm³/mol. The Labute approximate surface area is 160 Å². The summed E-state index contributed by atoms with van der Waals surface area (Å²) in [6.07, 6.45) is 2.14. The maximum absolute atomic E-state index is 13.1. The van der Waals surface area contributed by atoms with Gasteiger partial charge in [-0.15, -0.1) is 11.3 Å². The number of hydrogen-bond acceptors (Lipinski definition) is 5. The van der Waals surface area contributed by atoms with Crippen LogP contribution in [0.4, 0.5) is 5.69 Å². The molecule has 1 aromatic heterocycles. The van der Waals surface area contributed by atoms with Crippen molar-refractivity contribution in [3.05, 3.63) is 47.3 Å². The van der Waals surface area contributed by atoms with Gasteiger partial charge in [0.05, 0.1) is 0 Å². The molecule has 1 amide bonds. The van der Waals surface area contributed by atoms with E-state index in [9.17, 15) is 13.2 Å². The minimum atomic E-state index is -3.57. The Morgan fingerprint density at radius 1 is 1.19 bits per heavy atom. The number of anilines is 1. The van der Waals surface area contributed by atoms with Gasteiger partial charge in [-0.3, -0.25) is 4.79 Å². The summed E-state index contributed by atoms with van der Waals surface area (Å²) in [5.41, 5.74) is 1.67. The number of nitrogens with zero attached hydrogens (tertiary/aromatic N) is 1. The summed E-state index contributed by atoms with van der Waals surface area (Å²) < 4.78 is 26.5. The van der Waals surface area contributed by atoms with Gasteiger partial charge >= 0.3 is 0 Å². The summed E-state index contributed by atoms with van der Waals surface area (Å²) in [5.74, 6) is -0.108. The first kappa shape index (κ1) is 20.5. The fraction of sp³-hybridized carbons (Fsp3) is 0.421. The number of nitrogens with one attached hydrogen (secondary N) is 1. The van der Waals surface area contributed by atoms with Gasteiger partial charge in [-0.05, 0) is 35.6 Å². The Morgan fingerprint density at radius 2 is 1.88 bits per heavy atom. The third-order valence-corrected chi connectivity index (χ3v) is 7.71.